The van der Waals surface area contributed by atoms with Crippen LogP contribution < -0.4 is 5.73 Å². The monoisotopic (exact) mass is 313 g/mol. The van der Waals surface area contributed by atoms with E-state index in [4.69, 9.17) is 5.73 Å². The van der Waals surface area contributed by atoms with Crippen molar-refractivity contribution in [2.45, 2.75) is 6.42 Å². The number of likely N-dealkylation sites (N-methyl/N-ethyl adjacent to an activating group) is 1. The van der Waals surface area contributed by atoms with Crippen molar-refractivity contribution in [3.8, 4) is 0 Å². The van der Waals surface area contributed by atoms with Crippen LogP contribution in [0.5, 0.6) is 0 Å². The van der Waals surface area contributed by atoms with Crippen LogP contribution in [0.2, 0.25) is 0 Å². The second-order valence-corrected chi connectivity index (χ2v) is 7.01. The van der Waals surface area contributed by atoms with Gasteiger partial charge in [-0.1, -0.05) is 30.3 Å². The van der Waals surface area contributed by atoms with Gasteiger partial charge in [0.2, 0.25) is 15.9 Å². The molecular weight excluding hydrogens is 290 g/mol. The van der Waals surface area contributed by atoms with Crippen molar-refractivity contribution in [2.24, 2.45) is 5.73 Å². The number of nitrogens with zero attached hydrogens (tertiary/aromatic N) is 2. The first-order chi connectivity index (χ1) is 9.84. The normalized spacial score (nSPS) is 11.6. The molecule has 1 aromatic rings. The minimum absolute atomic E-state index is 0.159. The number of sulfonamides is 1. The topological polar surface area (TPSA) is 83.7 Å². The number of rotatable bonds is 8. The second kappa shape index (κ2) is 8.11. The number of nitrogens with two attached hydrogens (primary N) is 1. The molecule has 0 bridgehead atoms. The van der Waals surface area contributed by atoms with E-state index < -0.39 is 10.0 Å². The molecule has 0 spiro atoms. The summed E-state index contributed by atoms with van der Waals surface area (Å²) in [5.74, 6) is -0.232. The zero-order valence-corrected chi connectivity index (χ0v) is 13.3. The zero-order chi connectivity index (χ0) is 15.9. The van der Waals surface area contributed by atoms with Crippen molar-refractivity contribution in [1.29, 1.82) is 0 Å². The van der Waals surface area contributed by atoms with Gasteiger partial charge in [-0.2, -0.15) is 4.31 Å². The smallest absolute Gasteiger partial charge is 0.237 e. The fourth-order valence-electron chi connectivity index (χ4n) is 1.83. The highest BCUT2D eigenvalue weighted by molar-refractivity contribution is 7.88. The quantitative estimate of drug-likeness (QED) is 0.727. The van der Waals surface area contributed by atoms with Crippen molar-refractivity contribution in [2.75, 3.05) is 39.5 Å². The van der Waals surface area contributed by atoms with Gasteiger partial charge in [0.1, 0.15) is 0 Å². The van der Waals surface area contributed by atoms with E-state index in [1.165, 1.54) is 7.05 Å². The third-order valence-electron chi connectivity index (χ3n) is 3.19. The van der Waals surface area contributed by atoms with Crippen molar-refractivity contribution < 1.29 is 13.2 Å². The first kappa shape index (κ1) is 17.6. The van der Waals surface area contributed by atoms with E-state index in [0.717, 1.165) is 22.5 Å². The standard InChI is InChI=1S/C14H23N3O3S/c1-16(21(2,19)20)12-14(18)17(11-9-15)10-8-13-6-4-3-5-7-13/h3-7H,8-12,15H2,1-2H3. The molecule has 0 radical (unpaired) electrons. The molecule has 0 aliphatic heterocycles. The molecule has 21 heavy (non-hydrogen) atoms. The lowest BCUT2D eigenvalue weighted by Gasteiger charge is -2.24. The first-order valence-electron chi connectivity index (χ1n) is 6.77. The Bertz CT molecular complexity index is 546. The summed E-state index contributed by atoms with van der Waals surface area (Å²) in [7, 11) is -1.96. The summed E-state index contributed by atoms with van der Waals surface area (Å²) in [6.45, 7) is 1.14. The Kier molecular flexibility index (Phi) is 6.80. The van der Waals surface area contributed by atoms with E-state index >= 15 is 0 Å². The average Bonchev–Trinajstić information content (AvgIpc) is 2.43. The predicted molar refractivity (Wildman–Crippen MR) is 83.3 cm³/mol. The molecule has 0 fully saturated rings. The van der Waals surface area contributed by atoms with Gasteiger partial charge in [-0.15, -0.1) is 0 Å². The summed E-state index contributed by atoms with van der Waals surface area (Å²) in [5, 5.41) is 0. The third kappa shape index (κ3) is 6.24. The number of hydrogen-bond acceptors (Lipinski definition) is 4. The van der Waals surface area contributed by atoms with Gasteiger partial charge in [-0.05, 0) is 12.0 Å². The maximum absolute atomic E-state index is 12.2. The molecule has 6 nitrogen and oxygen atoms in total. The van der Waals surface area contributed by atoms with Crippen LogP contribution in [-0.2, 0) is 21.2 Å². The molecule has 118 valence electrons. The van der Waals surface area contributed by atoms with E-state index in [2.05, 4.69) is 0 Å². The van der Waals surface area contributed by atoms with Crippen LogP contribution in [0, 0.1) is 0 Å². The highest BCUT2D eigenvalue weighted by atomic mass is 32.2. The van der Waals surface area contributed by atoms with E-state index in [1.54, 1.807) is 4.90 Å². The van der Waals surface area contributed by atoms with Gasteiger partial charge in [-0.25, -0.2) is 8.42 Å². The lowest BCUT2D eigenvalue weighted by Crippen LogP contribution is -2.43. The van der Waals surface area contributed by atoms with Crippen LogP contribution in [-0.4, -0.2) is 63.0 Å². The number of hydrogen-bond donors (Lipinski definition) is 1. The van der Waals surface area contributed by atoms with E-state index in [1.807, 2.05) is 30.3 Å². The van der Waals surface area contributed by atoms with E-state index in [9.17, 15) is 13.2 Å². The molecule has 1 amide bonds. The van der Waals surface area contributed by atoms with Crippen LogP contribution >= 0.6 is 0 Å². The summed E-state index contributed by atoms with van der Waals surface area (Å²) in [4.78, 5) is 13.8. The summed E-state index contributed by atoms with van der Waals surface area (Å²) >= 11 is 0. The Hall–Kier alpha value is -1.44. The lowest BCUT2D eigenvalue weighted by atomic mass is 10.1. The average molecular weight is 313 g/mol. The van der Waals surface area contributed by atoms with Gasteiger partial charge in [-0.3, -0.25) is 4.79 Å². The molecule has 1 aromatic carbocycles. The molecule has 0 heterocycles. The molecule has 0 unspecified atom stereocenters. The summed E-state index contributed by atoms with van der Waals surface area (Å²) in [6.07, 6.45) is 1.80. The van der Waals surface area contributed by atoms with E-state index in [-0.39, 0.29) is 12.5 Å². The molecule has 1 rings (SSSR count). The first-order valence-corrected chi connectivity index (χ1v) is 8.62. The number of carbonyl (C=O) groups is 1. The Morgan fingerprint density at radius 3 is 2.33 bits per heavy atom. The van der Waals surface area contributed by atoms with Crippen LogP contribution in [0.1, 0.15) is 5.56 Å². The maximum atomic E-state index is 12.2. The molecule has 7 heteroatoms. The van der Waals surface area contributed by atoms with Gasteiger partial charge in [0.25, 0.3) is 0 Å². The number of benzene rings is 1. The molecule has 0 saturated heterocycles. The van der Waals surface area contributed by atoms with Crippen LogP contribution in [0.3, 0.4) is 0 Å². The predicted octanol–water partition coefficient (Wildman–Crippen LogP) is -0.0922. The maximum Gasteiger partial charge on any atom is 0.237 e. The molecule has 0 aliphatic carbocycles. The van der Waals surface area contributed by atoms with Gasteiger partial charge in [0.05, 0.1) is 12.8 Å². The van der Waals surface area contributed by atoms with Crippen molar-refractivity contribution in [3.63, 3.8) is 0 Å². The third-order valence-corrected chi connectivity index (χ3v) is 4.45. The van der Waals surface area contributed by atoms with Gasteiger partial charge < -0.3 is 10.6 Å². The SMILES string of the molecule is CN(CC(=O)N(CCN)CCc1ccccc1)S(C)(=O)=O. The summed E-state index contributed by atoms with van der Waals surface area (Å²) in [6, 6.07) is 9.82. The Labute approximate surface area is 126 Å². The van der Waals surface area contributed by atoms with Crippen molar-refractivity contribution in [1.82, 2.24) is 9.21 Å². The Morgan fingerprint density at radius 1 is 1.19 bits per heavy atom. The lowest BCUT2D eigenvalue weighted by molar-refractivity contribution is -0.131. The molecule has 0 aliphatic rings. The highest BCUT2D eigenvalue weighted by Gasteiger charge is 2.19. The van der Waals surface area contributed by atoms with Crippen molar-refractivity contribution >= 4 is 15.9 Å². The van der Waals surface area contributed by atoms with Crippen LogP contribution in [0.25, 0.3) is 0 Å². The summed E-state index contributed by atoms with van der Waals surface area (Å²) < 4.78 is 23.8. The fraction of sp³-hybridized carbons (Fsp3) is 0.500. The zero-order valence-electron chi connectivity index (χ0n) is 12.5. The Morgan fingerprint density at radius 2 is 1.81 bits per heavy atom. The van der Waals surface area contributed by atoms with Crippen LogP contribution in [0.4, 0.5) is 0 Å². The molecular formula is C14H23N3O3S. The van der Waals surface area contributed by atoms with Crippen LogP contribution in [0.15, 0.2) is 30.3 Å². The minimum Gasteiger partial charge on any atom is -0.340 e. The van der Waals surface area contributed by atoms with Crippen molar-refractivity contribution in [3.05, 3.63) is 35.9 Å². The second-order valence-electron chi connectivity index (χ2n) is 4.92. The number of amides is 1. The van der Waals surface area contributed by atoms with Gasteiger partial charge in [0, 0.05) is 26.7 Å². The minimum atomic E-state index is -3.36. The molecule has 0 atom stereocenters. The largest absolute Gasteiger partial charge is 0.340 e. The van der Waals surface area contributed by atoms with Gasteiger partial charge >= 0.3 is 0 Å². The number of carbonyl (C=O) groups excluding carboxylic acids is 1. The highest BCUT2D eigenvalue weighted by Crippen LogP contribution is 2.03. The van der Waals surface area contributed by atoms with E-state index in [0.29, 0.717) is 19.6 Å². The summed E-state index contributed by atoms with van der Waals surface area (Å²) in [5.41, 5.74) is 6.66. The molecule has 2 N–H and O–H groups in total. The fourth-order valence-corrected chi connectivity index (χ4v) is 2.18. The molecule has 0 saturated carbocycles. The Balaban J connectivity index is 2.61. The molecule has 0 aromatic heterocycles. The van der Waals surface area contributed by atoms with Gasteiger partial charge in [0.15, 0.2) is 0 Å².